The van der Waals surface area contributed by atoms with Gasteiger partial charge in [-0.25, -0.2) is 9.97 Å². The first-order chi connectivity index (χ1) is 30.2. The molecule has 0 fully saturated rings. The summed E-state index contributed by atoms with van der Waals surface area (Å²) in [5.41, 5.74) is 22.3. The van der Waals surface area contributed by atoms with Crippen LogP contribution in [0.25, 0.3) is 89.5 Å². The standard InChI is InChI=1S/C59H38N2/c1-3-14-39(15-4-1)40-30-32-44(33-31-40)57-38-56(43-16-5-2-6-17-43)60-58(61-57)47-19-13-18-45(36-47)41-26-28-42(29-27-41)46-34-35-55-51(37-46)50-22-9-12-25-54(50)59(55)52-23-10-7-20-48(52)49-21-8-11-24-53(49)59/h1-38H. The molecule has 0 aliphatic heterocycles. The largest absolute Gasteiger partial charge is 0.228 e. The summed E-state index contributed by atoms with van der Waals surface area (Å²) < 4.78 is 0. The summed E-state index contributed by atoms with van der Waals surface area (Å²) in [6.07, 6.45) is 0. The molecule has 2 heteroatoms. The number of hydrogen-bond acceptors (Lipinski definition) is 2. The van der Waals surface area contributed by atoms with Gasteiger partial charge in [-0.3, -0.25) is 0 Å². The molecule has 1 aromatic heterocycles. The van der Waals surface area contributed by atoms with Crippen molar-refractivity contribution in [3.8, 4) is 89.5 Å². The highest BCUT2D eigenvalue weighted by Crippen LogP contribution is 2.63. The van der Waals surface area contributed by atoms with Crippen molar-refractivity contribution in [2.24, 2.45) is 0 Å². The molecule has 0 atom stereocenters. The second-order valence-electron chi connectivity index (χ2n) is 16.1. The van der Waals surface area contributed by atoms with Crippen LogP contribution >= 0.6 is 0 Å². The molecule has 0 N–H and O–H groups in total. The topological polar surface area (TPSA) is 25.8 Å². The number of fused-ring (bicyclic) bond motifs is 10. The summed E-state index contributed by atoms with van der Waals surface area (Å²) in [5, 5.41) is 0. The fourth-order valence-electron chi connectivity index (χ4n) is 9.92. The van der Waals surface area contributed by atoms with Gasteiger partial charge in [0.15, 0.2) is 5.82 Å². The van der Waals surface area contributed by atoms with Gasteiger partial charge in [0.05, 0.1) is 16.8 Å². The highest BCUT2D eigenvalue weighted by Gasteiger charge is 2.51. The van der Waals surface area contributed by atoms with Crippen molar-refractivity contribution in [2.45, 2.75) is 5.41 Å². The van der Waals surface area contributed by atoms with E-state index in [1.165, 1.54) is 66.8 Å². The average molecular weight is 775 g/mol. The molecule has 0 unspecified atom stereocenters. The highest BCUT2D eigenvalue weighted by atomic mass is 14.9. The fourth-order valence-corrected chi connectivity index (χ4v) is 9.92. The van der Waals surface area contributed by atoms with E-state index in [-0.39, 0.29) is 5.41 Å². The third-order valence-corrected chi connectivity index (χ3v) is 12.8. The lowest BCUT2D eigenvalue weighted by Gasteiger charge is -2.30. The minimum Gasteiger partial charge on any atom is -0.228 e. The van der Waals surface area contributed by atoms with Gasteiger partial charge in [-0.2, -0.15) is 0 Å². The van der Waals surface area contributed by atoms with E-state index >= 15 is 0 Å². The van der Waals surface area contributed by atoms with Gasteiger partial charge in [0.25, 0.3) is 0 Å². The summed E-state index contributed by atoms with van der Waals surface area (Å²) in [4.78, 5) is 10.3. The number of hydrogen-bond donors (Lipinski definition) is 0. The molecule has 0 radical (unpaired) electrons. The van der Waals surface area contributed by atoms with Crippen LogP contribution in [0.3, 0.4) is 0 Å². The molecule has 0 amide bonds. The van der Waals surface area contributed by atoms with Crippen LogP contribution in [0.1, 0.15) is 22.3 Å². The number of benzene rings is 9. The maximum atomic E-state index is 5.18. The lowest BCUT2D eigenvalue weighted by Crippen LogP contribution is -2.25. The number of nitrogens with zero attached hydrogens (tertiary/aromatic N) is 2. The predicted molar refractivity (Wildman–Crippen MR) is 251 cm³/mol. The molecule has 61 heavy (non-hydrogen) atoms. The lowest BCUT2D eigenvalue weighted by molar-refractivity contribution is 0.794. The average Bonchev–Trinajstić information content (AvgIpc) is 3.82. The Labute approximate surface area is 356 Å². The molecular formula is C59H38N2. The second-order valence-corrected chi connectivity index (χ2v) is 16.1. The first-order valence-electron chi connectivity index (χ1n) is 21.0. The quantitative estimate of drug-likeness (QED) is 0.168. The van der Waals surface area contributed by atoms with Crippen LogP contribution in [0.15, 0.2) is 231 Å². The normalized spacial score (nSPS) is 12.7. The first kappa shape index (κ1) is 35.0. The van der Waals surface area contributed by atoms with Gasteiger partial charge in [0.1, 0.15) is 0 Å². The van der Waals surface area contributed by atoms with Crippen LogP contribution in [0, 0.1) is 0 Å². The molecule has 12 rings (SSSR count). The number of rotatable bonds is 6. The molecule has 2 nitrogen and oxygen atoms in total. The Balaban J connectivity index is 0.894. The van der Waals surface area contributed by atoms with E-state index in [2.05, 4.69) is 218 Å². The fraction of sp³-hybridized carbons (Fsp3) is 0.0169. The Morgan fingerprint density at radius 2 is 0.590 bits per heavy atom. The van der Waals surface area contributed by atoms with E-state index in [9.17, 15) is 0 Å². The van der Waals surface area contributed by atoms with Crippen LogP contribution in [0.2, 0.25) is 0 Å². The van der Waals surface area contributed by atoms with Gasteiger partial charge in [-0.05, 0) is 96.1 Å². The molecule has 10 aromatic rings. The molecule has 284 valence electrons. The summed E-state index contributed by atoms with van der Waals surface area (Å²) in [7, 11) is 0. The van der Waals surface area contributed by atoms with Gasteiger partial charge in [-0.15, -0.1) is 0 Å². The van der Waals surface area contributed by atoms with Crippen molar-refractivity contribution in [3.63, 3.8) is 0 Å². The Hall–Kier alpha value is -7.94. The Morgan fingerprint density at radius 3 is 1.16 bits per heavy atom. The predicted octanol–water partition coefficient (Wildman–Crippen LogP) is 14.8. The summed E-state index contributed by atoms with van der Waals surface area (Å²) in [6, 6.07) is 83.3. The summed E-state index contributed by atoms with van der Waals surface area (Å²) in [5.74, 6) is 0.700. The molecule has 1 heterocycles. The van der Waals surface area contributed by atoms with E-state index < -0.39 is 0 Å². The molecule has 2 aliphatic rings. The van der Waals surface area contributed by atoms with Crippen LogP contribution in [0.5, 0.6) is 0 Å². The van der Waals surface area contributed by atoms with Gasteiger partial charge in [-0.1, -0.05) is 212 Å². The maximum Gasteiger partial charge on any atom is 0.160 e. The van der Waals surface area contributed by atoms with Crippen molar-refractivity contribution in [2.75, 3.05) is 0 Å². The van der Waals surface area contributed by atoms with E-state index in [0.717, 1.165) is 39.2 Å². The smallest absolute Gasteiger partial charge is 0.160 e. The second kappa shape index (κ2) is 14.1. The Bertz CT molecular complexity index is 3230. The molecule has 0 saturated heterocycles. The third-order valence-electron chi connectivity index (χ3n) is 12.8. The SMILES string of the molecule is c1ccc(-c2ccc(-c3cc(-c4ccccc4)nc(-c4cccc(-c5ccc(-c6ccc7c(c6)-c6ccccc6C76c7ccccc7-c7ccccc76)cc5)c4)n3)cc2)cc1. The van der Waals surface area contributed by atoms with E-state index in [1.54, 1.807) is 0 Å². The van der Waals surface area contributed by atoms with Crippen molar-refractivity contribution in [1.82, 2.24) is 9.97 Å². The minimum absolute atomic E-state index is 0.329. The van der Waals surface area contributed by atoms with Crippen LogP contribution < -0.4 is 0 Å². The van der Waals surface area contributed by atoms with Crippen LogP contribution in [0.4, 0.5) is 0 Å². The first-order valence-corrected chi connectivity index (χ1v) is 21.0. The van der Waals surface area contributed by atoms with Crippen LogP contribution in [-0.2, 0) is 5.41 Å². The van der Waals surface area contributed by atoms with E-state index in [0.29, 0.717) is 5.82 Å². The molecule has 1 spiro atoms. The zero-order valence-corrected chi connectivity index (χ0v) is 33.3. The zero-order chi connectivity index (χ0) is 40.3. The van der Waals surface area contributed by atoms with Gasteiger partial charge < -0.3 is 0 Å². The highest BCUT2D eigenvalue weighted by molar-refractivity contribution is 5.96. The molecule has 2 aliphatic carbocycles. The molecule has 0 saturated carbocycles. The molecular weight excluding hydrogens is 737 g/mol. The van der Waals surface area contributed by atoms with Gasteiger partial charge >= 0.3 is 0 Å². The monoisotopic (exact) mass is 774 g/mol. The van der Waals surface area contributed by atoms with Crippen molar-refractivity contribution in [3.05, 3.63) is 253 Å². The molecule has 0 bridgehead atoms. The van der Waals surface area contributed by atoms with E-state index in [1.807, 2.05) is 12.1 Å². The van der Waals surface area contributed by atoms with Crippen molar-refractivity contribution >= 4 is 0 Å². The van der Waals surface area contributed by atoms with E-state index in [4.69, 9.17) is 9.97 Å². The lowest BCUT2D eigenvalue weighted by atomic mass is 9.70. The zero-order valence-electron chi connectivity index (χ0n) is 33.3. The van der Waals surface area contributed by atoms with Gasteiger partial charge in [0.2, 0.25) is 0 Å². The minimum atomic E-state index is -0.329. The van der Waals surface area contributed by atoms with Crippen LogP contribution in [-0.4, -0.2) is 9.97 Å². The van der Waals surface area contributed by atoms with Crippen molar-refractivity contribution in [1.29, 1.82) is 0 Å². The molecule has 9 aromatic carbocycles. The number of aromatic nitrogens is 2. The Kier molecular flexibility index (Phi) is 8.11. The Morgan fingerprint density at radius 1 is 0.230 bits per heavy atom. The summed E-state index contributed by atoms with van der Waals surface area (Å²) in [6.45, 7) is 0. The van der Waals surface area contributed by atoms with Crippen molar-refractivity contribution < 1.29 is 0 Å². The van der Waals surface area contributed by atoms with Gasteiger partial charge in [0, 0.05) is 16.7 Å². The maximum absolute atomic E-state index is 5.18. The summed E-state index contributed by atoms with van der Waals surface area (Å²) >= 11 is 0. The third kappa shape index (κ3) is 5.64.